The second kappa shape index (κ2) is 6.58. The number of fused-ring (bicyclic) bond motifs is 1. The van der Waals surface area contributed by atoms with Gasteiger partial charge >= 0.3 is 0 Å². The number of allylic oxidation sites excluding steroid dienone is 4. The summed E-state index contributed by atoms with van der Waals surface area (Å²) >= 11 is 0. The zero-order valence-electron chi connectivity index (χ0n) is 14.0. The molecule has 0 spiro atoms. The van der Waals surface area contributed by atoms with E-state index in [1.165, 1.54) is 0 Å². The summed E-state index contributed by atoms with van der Waals surface area (Å²) in [6.07, 6.45) is 1.72. The molecule has 25 heavy (non-hydrogen) atoms. The Bertz CT molecular complexity index is 970. The average Bonchev–Trinajstić information content (AvgIpc) is 2.63. The predicted octanol–water partition coefficient (Wildman–Crippen LogP) is 4.27. The summed E-state index contributed by atoms with van der Waals surface area (Å²) in [5.41, 5.74) is 3.53. The first kappa shape index (κ1) is 16.4. The molecule has 0 amide bonds. The highest BCUT2D eigenvalue weighted by molar-refractivity contribution is 6.28. The third kappa shape index (κ3) is 3.13. The van der Waals surface area contributed by atoms with Gasteiger partial charge in [0.05, 0.1) is 22.9 Å². The maximum Gasteiger partial charge on any atom is 0.210 e. The number of anilines is 1. The molecule has 0 aromatic heterocycles. The molecular weight excluding hydrogens is 312 g/mol. The minimum atomic E-state index is -0.216. The molecule has 1 N–H and O–H groups in total. The highest BCUT2D eigenvalue weighted by atomic mass is 16.1. The van der Waals surface area contributed by atoms with Crippen molar-refractivity contribution < 1.29 is 9.59 Å². The van der Waals surface area contributed by atoms with E-state index in [-0.39, 0.29) is 17.3 Å². The van der Waals surface area contributed by atoms with E-state index in [0.717, 1.165) is 5.57 Å². The number of benzene rings is 2. The molecule has 2 aromatic rings. The molecule has 0 heterocycles. The molecule has 0 unspecified atom stereocenters. The van der Waals surface area contributed by atoms with Crippen molar-refractivity contribution >= 4 is 17.3 Å². The SMILES string of the molecule is CC(C)=CC1=C(Nc2ccc(C#N)cc2)C(=O)c2ccccc2C1=O. The van der Waals surface area contributed by atoms with Crippen molar-refractivity contribution in [2.75, 3.05) is 5.32 Å². The maximum absolute atomic E-state index is 12.9. The van der Waals surface area contributed by atoms with Gasteiger partial charge in [0, 0.05) is 16.8 Å². The van der Waals surface area contributed by atoms with Gasteiger partial charge in [-0.15, -0.1) is 0 Å². The number of nitrogens with zero attached hydrogens (tertiary/aromatic N) is 1. The molecule has 3 rings (SSSR count). The van der Waals surface area contributed by atoms with Crippen molar-refractivity contribution in [1.29, 1.82) is 5.26 Å². The molecule has 0 bridgehead atoms. The Kier molecular flexibility index (Phi) is 4.32. The molecule has 1 aliphatic rings. The van der Waals surface area contributed by atoms with Gasteiger partial charge in [-0.05, 0) is 38.1 Å². The molecular formula is C21H16N2O2. The Morgan fingerprint density at radius 2 is 1.56 bits per heavy atom. The highest BCUT2D eigenvalue weighted by Crippen LogP contribution is 2.28. The van der Waals surface area contributed by atoms with Crippen molar-refractivity contribution in [2.24, 2.45) is 0 Å². The summed E-state index contributed by atoms with van der Waals surface area (Å²) in [6, 6.07) is 15.6. The number of nitrogens with one attached hydrogen (secondary N) is 1. The van der Waals surface area contributed by atoms with E-state index in [1.54, 1.807) is 54.6 Å². The number of hydrogen-bond donors (Lipinski definition) is 1. The van der Waals surface area contributed by atoms with Gasteiger partial charge in [-0.2, -0.15) is 5.26 Å². The van der Waals surface area contributed by atoms with Gasteiger partial charge in [0.15, 0.2) is 5.78 Å². The van der Waals surface area contributed by atoms with E-state index < -0.39 is 0 Å². The predicted molar refractivity (Wildman–Crippen MR) is 96.3 cm³/mol. The number of ketones is 2. The molecule has 0 saturated carbocycles. The van der Waals surface area contributed by atoms with E-state index >= 15 is 0 Å². The Balaban J connectivity index is 2.11. The summed E-state index contributed by atoms with van der Waals surface area (Å²) in [5.74, 6) is -0.389. The van der Waals surface area contributed by atoms with Crippen LogP contribution in [0.25, 0.3) is 0 Å². The second-order valence-electron chi connectivity index (χ2n) is 6.03. The van der Waals surface area contributed by atoms with Crippen LogP contribution in [-0.4, -0.2) is 11.6 Å². The average molecular weight is 328 g/mol. The molecule has 122 valence electrons. The minimum absolute atomic E-state index is 0.174. The first-order valence-corrected chi connectivity index (χ1v) is 7.86. The van der Waals surface area contributed by atoms with Gasteiger partial charge in [-0.1, -0.05) is 35.9 Å². The van der Waals surface area contributed by atoms with Crippen molar-refractivity contribution in [3.63, 3.8) is 0 Å². The molecule has 0 fully saturated rings. The molecule has 4 nitrogen and oxygen atoms in total. The van der Waals surface area contributed by atoms with Gasteiger partial charge in [-0.25, -0.2) is 0 Å². The Hall–Kier alpha value is -3.45. The fourth-order valence-electron chi connectivity index (χ4n) is 2.72. The van der Waals surface area contributed by atoms with Crippen molar-refractivity contribution in [2.45, 2.75) is 13.8 Å². The van der Waals surface area contributed by atoms with E-state index in [4.69, 9.17) is 5.26 Å². The maximum atomic E-state index is 12.9. The van der Waals surface area contributed by atoms with E-state index in [0.29, 0.717) is 28.0 Å². The number of nitriles is 1. The first-order valence-electron chi connectivity index (χ1n) is 7.86. The van der Waals surface area contributed by atoms with Gasteiger partial charge in [0.1, 0.15) is 0 Å². The fraction of sp³-hybridized carbons (Fsp3) is 0.0952. The van der Waals surface area contributed by atoms with Gasteiger partial charge in [0.2, 0.25) is 5.78 Å². The largest absolute Gasteiger partial charge is 0.352 e. The monoisotopic (exact) mass is 328 g/mol. The fourth-order valence-corrected chi connectivity index (χ4v) is 2.72. The van der Waals surface area contributed by atoms with Crippen LogP contribution in [0.3, 0.4) is 0 Å². The standard InChI is InChI=1S/C21H16N2O2/c1-13(2)11-18-19(23-15-9-7-14(12-22)8-10-15)21(25)17-6-4-3-5-16(17)20(18)24/h3-11,23H,1-2H3. The molecule has 4 heteroatoms. The summed E-state index contributed by atoms with van der Waals surface area (Å²) in [5, 5.41) is 12.0. The summed E-state index contributed by atoms with van der Waals surface area (Å²) in [6.45, 7) is 3.76. The smallest absolute Gasteiger partial charge is 0.210 e. The van der Waals surface area contributed by atoms with Crippen LogP contribution in [0, 0.1) is 11.3 Å². The zero-order valence-corrected chi connectivity index (χ0v) is 14.0. The van der Waals surface area contributed by atoms with Crippen LogP contribution in [0.15, 0.2) is 71.5 Å². The topological polar surface area (TPSA) is 70.0 Å². The quantitative estimate of drug-likeness (QED) is 0.913. The molecule has 0 aliphatic heterocycles. The summed E-state index contributed by atoms with van der Waals surface area (Å²) < 4.78 is 0. The number of carbonyl (C=O) groups excluding carboxylic acids is 2. The number of hydrogen-bond acceptors (Lipinski definition) is 4. The molecule has 0 saturated heterocycles. The number of carbonyl (C=O) groups is 2. The Labute approximate surface area is 146 Å². The van der Waals surface area contributed by atoms with Gasteiger partial charge < -0.3 is 5.32 Å². The second-order valence-corrected chi connectivity index (χ2v) is 6.03. The summed E-state index contributed by atoms with van der Waals surface area (Å²) in [4.78, 5) is 25.8. The van der Waals surface area contributed by atoms with Crippen LogP contribution >= 0.6 is 0 Å². The zero-order chi connectivity index (χ0) is 18.0. The van der Waals surface area contributed by atoms with Crippen molar-refractivity contribution in [1.82, 2.24) is 0 Å². The number of rotatable bonds is 3. The molecule has 2 aromatic carbocycles. The molecule has 0 atom stereocenters. The lowest BCUT2D eigenvalue weighted by Gasteiger charge is -2.21. The minimum Gasteiger partial charge on any atom is -0.352 e. The Morgan fingerprint density at radius 1 is 0.960 bits per heavy atom. The summed E-state index contributed by atoms with van der Waals surface area (Å²) in [7, 11) is 0. The van der Waals surface area contributed by atoms with Crippen molar-refractivity contribution in [3.8, 4) is 6.07 Å². The molecule has 0 radical (unpaired) electrons. The van der Waals surface area contributed by atoms with Gasteiger partial charge in [-0.3, -0.25) is 9.59 Å². The van der Waals surface area contributed by atoms with Crippen LogP contribution in [0.2, 0.25) is 0 Å². The molecule has 1 aliphatic carbocycles. The van der Waals surface area contributed by atoms with Crippen molar-refractivity contribution in [3.05, 3.63) is 88.1 Å². The Morgan fingerprint density at radius 3 is 2.12 bits per heavy atom. The van der Waals surface area contributed by atoms with Crippen LogP contribution in [0.5, 0.6) is 0 Å². The normalized spacial score (nSPS) is 13.2. The van der Waals surface area contributed by atoms with Crippen LogP contribution in [0.4, 0.5) is 5.69 Å². The van der Waals surface area contributed by atoms with Crippen LogP contribution in [0.1, 0.15) is 40.1 Å². The lowest BCUT2D eigenvalue weighted by Crippen LogP contribution is -2.25. The van der Waals surface area contributed by atoms with E-state index in [1.807, 2.05) is 13.8 Å². The van der Waals surface area contributed by atoms with Gasteiger partial charge in [0.25, 0.3) is 0 Å². The van der Waals surface area contributed by atoms with Crippen LogP contribution < -0.4 is 5.32 Å². The third-order valence-corrected chi connectivity index (χ3v) is 3.87. The van der Waals surface area contributed by atoms with Crippen LogP contribution in [-0.2, 0) is 0 Å². The first-order chi connectivity index (χ1) is 12.0. The highest BCUT2D eigenvalue weighted by Gasteiger charge is 2.31. The lowest BCUT2D eigenvalue weighted by atomic mass is 9.86. The number of Topliss-reactive ketones (excluding diaryl/α,β-unsaturated/α-hetero) is 2. The lowest BCUT2D eigenvalue weighted by molar-refractivity contribution is 0.0978. The van der Waals surface area contributed by atoms with E-state index in [9.17, 15) is 9.59 Å². The van der Waals surface area contributed by atoms with E-state index in [2.05, 4.69) is 11.4 Å². The third-order valence-electron chi connectivity index (χ3n) is 3.87.